The Morgan fingerprint density at radius 3 is 2.50 bits per heavy atom. The predicted octanol–water partition coefficient (Wildman–Crippen LogP) is 4.79. The fourth-order valence-corrected chi connectivity index (χ4v) is 6.04. The second-order valence-corrected chi connectivity index (χ2v) is 11.6. The number of aromatic hydroxyl groups is 1. The molecule has 4 aromatic rings. The van der Waals surface area contributed by atoms with Crippen molar-refractivity contribution in [2.45, 2.75) is 31.6 Å². The van der Waals surface area contributed by atoms with Crippen molar-refractivity contribution in [1.29, 1.82) is 0 Å². The van der Waals surface area contributed by atoms with E-state index in [2.05, 4.69) is 30.1 Å². The van der Waals surface area contributed by atoms with Gasteiger partial charge in [-0.1, -0.05) is 11.6 Å². The van der Waals surface area contributed by atoms with E-state index in [1.807, 2.05) is 26.0 Å². The fraction of sp³-hybridized carbons (Fsp3) is 0.296. The lowest BCUT2D eigenvalue weighted by Crippen LogP contribution is -2.33. The van der Waals surface area contributed by atoms with Crippen LogP contribution in [0, 0.1) is 13.8 Å². The van der Waals surface area contributed by atoms with Crippen molar-refractivity contribution in [2.24, 2.45) is 0 Å². The van der Waals surface area contributed by atoms with Crippen molar-refractivity contribution in [3.8, 4) is 16.9 Å². The molecule has 1 fully saturated rings. The molecule has 0 radical (unpaired) electrons. The van der Waals surface area contributed by atoms with Gasteiger partial charge >= 0.3 is 0 Å². The van der Waals surface area contributed by atoms with Crippen LogP contribution in [0.3, 0.4) is 0 Å². The third kappa shape index (κ3) is 5.58. The molecular formula is C27H29ClN6O3S. The number of sulfonamides is 1. The highest BCUT2D eigenvalue weighted by atomic mass is 35.5. The summed E-state index contributed by atoms with van der Waals surface area (Å²) in [7, 11) is -3.59. The van der Waals surface area contributed by atoms with Gasteiger partial charge in [-0.15, -0.1) is 10.2 Å². The first kappa shape index (κ1) is 26.3. The number of nitrogens with zero attached hydrogens (tertiary/aromatic N) is 4. The van der Waals surface area contributed by atoms with Gasteiger partial charge in [-0.25, -0.2) is 18.1 Å². The van der Waals surface area contributed by atoms with E-state index < -0.39 is 10.0 Å². The molecule has 3 aromatic carbocycles. The number of likely N-dealkylation sites (tertiary alicyclic amines) is 1. The van der Waals surface area contributed by atoms with Crippen LogP contribution in [-0.2, 0) is 10.0 Å². The summed E-state index contributed by atoms with van der Waals surface area (Å²) in [5, 5.41) is 22.3. The molecule has 11 heteroatoms. The minimum atomic E-state index is -3.59. The summed E-state index contributed by atoms with van der Waals surface area (Å²) in [6.45, 7) is 6.89. The van der Waals surface area contributed by atoms with Crippen molar-refractivity contribution >= 4 is 44.3 Å². The molecule has 0 unspecified atom stereocenters. The molecule has 0 aliphatic carbocycles. The van der Waals surface area contributed by atoms with Gasteiger partial charge in [0.2, 0.25) is 16.0 Å². The number of halogens is 1. The van der Waals surface area contributed by atoms with Gasteiger partial charge in [-0.05, 0) is 99.4 Å². The van der Waals surface area contributed by atoms with E-state index >= 15 is 0 Å². The molecule has 2 heterocycles. The van der Waals surface area contributed by atoms with Crippen LogP contribution in [0.4, 0.5) is 11.6 Å². The van der Waals surface area contributed by atoms with Crippen molar-refractivity contribution in [1.82, 2.24) is 24.8 Å². The Balaban J connectivity index is 1.31. The van der Waals surface area contributed by atoms with Crippen molar-refractivity contribution in [2.75, 3.05) is 31.5 Å². The summed E-state index contributed by atoms with van der Waals surface area (Å²) in [6, 6.07) is 13.5. The smallest absolute Gasteiger partial charge is 0.247 e. The zero-order valence-corrected chi connectivity index (χ0v) is 22.8. The molecule has 1 aromatic heterocycles. The van der Waals surface area contributed by atoms with Gasteiger partial charge in [-0.2, -0.15) is 0 Å². The third-order valence-corrected chi connectivity index (χ3v) is 8.56. The second kappa shape index (κ2) is 10.8. The van der Waals surface area contributed by atoms with Crippen LogP contribution in [0.15, 0.2) is 53.4 Å². The van der Waals surface area contributed by atoms with Gasteiger partial charge in [-0.3, -0.25) is 0 Å². The molecular weight excluding hydrogens is 524 g/mol. The number of hydrogen-bond acceptors (Lipinski definition) is 8. The Morgan fingerprint density at radius 1 is 1.03 bits per heavy atom. The Bertz CT molecular complexity index is 1590. The summed E-state index contributed by atoms with van der Waals surface area (Å²) < 4.78 is 28.0. The summed E-state index contributed by atoms with van der Waals surface area (Å²) >= 11 is 6.43. The number of nitrogens with one attached hydrogen (secondary N) is 2. The molecule has 1 saturated heterocycles. The summed E-state index contributed by atoms with van der Waals surface area (Å²) in [5.41, 5.74) is 5.00. The first-order valence-electron chi connectivity index (χ1n) is 12.4. The molecule has 9 nitrogen and oxygen atoms in total. The summed E-state index contributed by atoms with van der Waals surface area (Å²) in [5.74, 6) is 0.460. The molecule has 38 heavy (non-hydrogen) atoms. The van der Waals surface area contributed by atoms with E-state index in [4.69, 9.17) is 11.6 Å². The number of hydrogen-bond donors (Lipinski definition) is 3. The standard InChI is InChI=1S/C27H29ClN6O3S/c1-17-15-19(25-18(2)24(35)10-9-22(25)28)16-23-26(17)31-27(33-32-23)30-20-5-7-21(8-6-20)38(36,37)29-11-14-34-12-3-4-13-34/h5-10,15-16,29,35H,3-4,11-14H2,1-2H3,(H,30,31,33). The van der Waals surface area contributed by atoms with Crippen LogP contribution in [0.1, 0.15) is 24.0 Å². The number of phenols is 1. The largest absolute Gasteiger partial charge is 0.508 e. The van der Waals surface area contributed by atoms with Gasteiger partial charge in [0.1, 0.15) is 11.3 Å². The Kier molecular flexibility index (Phi) is 7.49. The lowest BCUT2D eigenvalue weighted by molar-refractivity contribution is 0.344. The number of phenolic OH excluding ortho intramolecular Hbond substituents is 1. The average molecular weight is 553 g/mol. The number of anilines is 2. The highest BCUT2D eigenvalue weighted by Gasteiger charge is 2.17. The number of rotatable bonds is 8. The van der Waals surface area contributed by atoms with Crippen molar-refractivity contribution < 1.29 is 13.5 Å². The molecule has 1 aliphatic rings. The number of benzene rings is 3. The Morgan fingerprint density at radius 2 is 1.76 bits per heavy atom. The number of fused-ring (bicyclic) bond motifs is 1. The molecule has 198 valence electrons. The summed E-state index contributed by atoms with van der Waals surface area (Å²) in [4.78, 5) is 7.08. The van der Waals surface area contributed by atoms with E-state index in [0.717, 1.165) is 29.8 Å². The number of aromatic nitrogens is 3. The summed E-state index contributed by atoms with van der Waals surface area (Å²) in [6.07, 6.45) is 2.35. The van der Waals surface area contributed by atoms with Crippen LogP contribution >= 0.6 is 11.6 Å². The molecule has 0 bridgehead atoms. The average Bonchev–Trinajstić information content (AvgIpc) is 3.41. The second-order valence-electron chi connectivity index (χ2n) is 9.46. The maximum atomic E-state index is 12.6. The van der Waals surface area contributed by atoms with Gasteiger partial charge < -0.3 is 15.3 Å². The molecule has 3 N–H and O–H groups in total. The maximum absolute atomic E-state index is 12.6. The van der Waals surface area contributed by atoms with Gasteiger partial charge in [0.05, 0.1) is 10.4 Å². The van der Waals surface area contributed by atoms with Crippen LogP contribution in [-0.4, -0.2) is 59.8 Å². The lowest BCUT2D eigenvalue weighted by atomic mass is 9.97. The molecule has 0 amide bonds. The quantitative estimate of drug-likeness (QED) is 0.285. The minimum absolute atomic E-state index is 0.169. The monoisotopic (exact) mass is 552 g/mol. The van der Waals surface area contributed by atoms with E-state index in [1.54, 1.807) is 36.4 Å². The van der Waals surface area contributed by atoms with Gasteiger partial charge in [0.15, 0.2) is 0 Å². The van der Waals surface area contributed by atoms with Gasteiger partial charge in [0.25, 0.3) is 0 Å². The molecule has 5 rings (SSSR count). The number of aryl methyl sites for hydroxylation is 1. The molecule has 0 spiro atoms. The first-order chi connectivity index (χ1) is 18.2. The van der Waals surface area contributed by atoms with Crippen LogP contribution < -0.4 is 10.0 Å². The van der Waals surface area contributed by atoms with Crippen LogP contribution in [0.25, 0.3) is 22.2 Å². The zero-order chi connectivity index (χ0) is 26.9. The van der Waals surface area contributed by atoms with E-state index in [-0.39, 0.29) is 10.6 Å². The highest BCUT2D eigenvalue weighted by molar-refractivity contribution is 7.89. The van der Waals surface area contributed by atoms with Crippen molar-refractivity contribution in [3.05, 3.63) is 64.7 Å². The SMILES string of the molecule is Cc1c(O)ccc(Cl)c1-c1cc(C)c2nc(Nc3ccc(S(=O)(=O)NCCN4CCCC4)cc3)nnc2c1. The van der Waals surface area contributed by atoms with Crippen molar-refractivity contribution in [3.63, 3.8) is 0 Å². The third-order valence-electron chi connectivity index (χ3n) is 6.76. The Labute approximate surface area is 226 Å². The molecule has 1 aliphatic heterocycles. The molecule has 0 atom stereocenters. The van der Waals surface area contributed by atoms with Crippen LogP contribution in [0.2, 0.25) is 5.02 Å². The molecule has 0 saturated carbocycles. The topological polar surface area (TPSA) is 120 Å². The minimum Gasteiger partial charge on any atom is -0.508 e. The van der Waals surface area contributed by atoms with E-state index in [0.29, 0.717) is 46.3 Å². The maximum Gasteiger partial charge on any atom is 0.247 e. The van der Waals surface area contributed by atoms with Crippen LogP contribution in [0.5, 0.6) is 5.75 Å². The van der Waals surface area contributed by atoms with E-state index in [9.17, 15) is 13.5 Å². The predicted molar refractivity (Wildman–Crippen MR) is 150 cm³/mol. The fourth-order valence-electron chi connectivity index (χ4n) is 4.71. The lowest BCUT2D eigenvalue weighted by Gasteiger charge is -2.15. The Hall–Kier alpha value is -3.31. The van der Waals surface area contributed by atoms with Gasteiger partial charge in [0, 0.05) is 34.9 Å². The normalized spacial score (nSPS) is 14.3. The van der Waals surface area contributed by atoms with E-state index in [1.165, 1.54) is 12.8 Å². The first-order valence-corrected chi connectivity index (χ1v) is 14.3. The highest BCUT2D eigenvalue weighted by Crippen LogP contribution is 2.37. The zero-order valence-electron chi connectivity index (χ0n) is 21.2.